The molecule has 5 aliphatic carbocycles. The Bertz CT molecular complexity index is 1450. The minimum absolute atomic E-state index is 0.111. The quantitative estimate of drug-likeness (QED) is 0.202. The highest BCUT2D eigenvalue weighted by Gasteiger charge is 2.87. The molecule has 7 aliphatic rings. The van der Waals surface area contributed by atoms with Crippen LogP contribution in [-0.4, -0.2) is 53.1 Å². The van der Waals surface area contributed by atoms with Gasteiger partial charge in [0.05, 0.1) is 5.41 Å². The number of esters is 4. The Hall–Kier alpha value is -3.49. The highest BCUT2D eigenvalue weighted by atomic mass is 16.6. The molecular weight excluding hydrogens is 552 g/mol. The van der Waals surface area contributed by atoms with Gasteiger partial charge in [-0.2, -0.15) is 0 Å². The van der Waals surface area contributed by atoms with Gasteiger partial charge in [0.25, 0.3) is 0 Å². The zero-order valence-corrected chi connectivity index (χ0v) is 24.8. The van der Waals surface area contributed by atoms with Crippen molar-refractivity contribution in [2.24, 2.45) is 40.9 Å². The van der Waals surface area contributed by atoms with E-state index in [1.54, 1.807) is 0 Å². The largest absolute Gasteiger partial charge is 0.458 e. The van der Waals surface area contributed by atoms with Crippen molar-refractivity contribution in [3.8, 4) is 0 Å². The Morgan fingerprint density at radius 3 is 1.84 bits per heavy atom. The van der Waals surface area contributed by atoms with E-state index in [-0.39, 0.29) is 55.1 Å². The summed E-state index contributed by atoms with van der Waals surface area (Å²) in [4.78, 5) is 66.9. The van der Waals surface area contributed by atoms with Crippen molar-refractivity contribution in [3.05, 3.63) is 48.6 Å². The molecule has 2 saturated heterocycles. The minimum atomic E-state index is -1.62. The molecule has 2 unspecified atom stereocenters. The molecule has 2 aliphatic heterocycles. The van der Waals surface area contributed by atoms with Gasteiger partial charge in [0.15, 0.2) is 11.2 Å². The van der Waals surface area contributed by atoms with Crippen molar-refractivity contribution in [3.63, 3.8) is 0 Å². The highest BCUT2D eigenvalue weighted by Crippen LogP contribution is 2.76. The molecular formula is C34H38O9. The van der Waals surface area contributed by atoms with Gasteiger partial charge in [0.1, 0.15) is 18.0 Å². The fraction of sp³-hybridized carbons (Fsp3) is 0.618. The summed E-state index contributed by atoms with van der Waals surface area (Å²) in [6.45, 7) is 19.5. The third kappa shape index (κ3) is 3.31. The summed E-state index contributed by atoms with van der Waals surface area (Å²) in [5, 5.41) is 0. The lowest BCUT2D eigenvalue weighted by molar-refractivity contribution is -0.236. The average molecular weight is 591 g/mol. The summed E-state index contributed by atoms with van der Waals surface area (Å²) in [5.41, 5.74) is -1.94. The van der Waals surface area contributed by atoms with Crippen molar-refractivity contribution >= 4 is 29.7 Å². The second kappa shape index (κ2) is 9.02. The van der Waals surface area contributed by atoms with Gasteiger partial charge in [-0.05, 0) is 56.8 Å². The Morgan fingerprint density at radius 2 is 1.28 bits per heavy atom. The first-order chi connectivity index (χ1) is 20.3. The van der Waals surface area contributed by atoms with E-state index in [1.807, 2.05) is 0 Å². The molecule has 2 heterocycles. The van der Waals surface area contributed by atoms with E-state index in [9.17, 15) is 24.0 Å². The van der Waals surface area contributed by atoms with Crippen LogP contribution < -0.4 is 0 Å². The zero-order valence-electron chi connectivity index (χ0n) is 24.8. The molecule has 228 valence electrons. The lowest BCUT2D eigenvalue weighted by Crippen LogP contribution is -2.66. The smallest absolute Gasteiger partial charge is 0.334 e. The van der Waals surface area contributed by atoms with Gasteiger partial charge in [0, 0.05) is 55.1 Å². The maximum Gasteiger partial charge on any atom is 0.334 e. The molecule has 1 spiro atoms. The van der Waals surface area contributed by atoms with E-state index in [4.69, 9.17) is 18.9 Å². The molecule has 0 aromatic rings. The number of fused-ring (bicyclic) bond motifs is 10. The van der Waals surface area contributed by atoms with Gasteiger partial charge in [-0.15, -0.1) is 0 Å². The topological polar surface area (TPSA) is 122 Å². The van der Waals surface area contributed by atoms with Gasteiger partial charge < -0.3 is 18.9 Å². The lowest BCUT2D eigenvalue weighted by Gasteiger charge is -2.51. The van der Waals surface area contributed by atoms with Crippen LogP contribution in [0.15, 0.2) is 48.6 Å². The summed E-state index contributed by atoms with van der Waals surface area (Å²) in [7, 11) is 0. The summed E-state index contributed by atoms with van der Waals surface area (Å²) in [6, 6.07) is 0. The highest BCUT2D eigenvalue weighted by molar-refractivity contribution is 5.94. The van der Waals surface area contributed by atoms with E-state index in [0.29, 0.717) is 36.8 Å². The summed E-state index contributed by atoms with van der Waals surface area (Å²) in [5.74, 6) is -4.79. The number of hydrogen-bond acceptors (Lipinski definition) is 9. The molecule has 0 bridgehead atoms. The molecule has 11 atom stereocenters. The van der Waals surface area contributed by atoms with Crippen LogP contribution in [0.4, 0.5) is 0 Å². The van der Waals surface area contributed by atoms with Crippen LogP contribution in [0, 0.1) is 40.9 Å². The normalized spacial score (nSPS) is 46.3. The van der Waals surface area contributed by atoms with E-state index in [0.717, 1.165) is 11.1 Å². The fourth-order valence-electron chi connectivity index (χ4n) is 10.9. The van der Waals surface area contributed by atoms with Crippen LogP contribution in [-0.2, 0) is 42.9 Å². The molecule has 0 amide bonds. The summed E-state index contributed by atoms with van der Waals surface area (Å²) in [6.07, 6.45) is 1.83. The van der Waals surface area contributed by atoms with E-state index >= 15 is 0 Å². The van der Waals surface area contributed by atoms with Gasteiger partial charge >= 0.3 is 23.9 Å². The number of carbonyl (C=O) groups excluding carboxylic acids is 5. The maximum atomic E-state index is 14.8. The molecule has 0 N–H and O–H groups in total. The predicted molar refractivity (Wildman–Crippen MR) is 151 cm³/mol. The monoisotopic (exact) mass is 590 g/mol. The molecule has 43 heavy (non-hydrogen) atoms. The van der Waals surface area contributed by atoms with Gasteiger partial charge in [0.2, 0.25) is 0 Å². The van der Waals surface area contributed by atoms with Gasteiger partial charge in [-0.3, -0.25) is 14.4 Å². The molecule has 7 rings (SSSR count). The first-order valence-electron chi connectivity index (χ1n) is 15.4. The standard InChI is InChI=1S/C34H38O9/c1-15-7-9-21-17(3)30(38)40-28(21)26-23(15)13-25(37)32(26)11-12-33(42-19(5)35)27-24(14-34(32,33)43-20(6)36)16(2)8-10-22-18(4)31(39)41-29(22)27/h21-24,26-29H,1-4,7-14H2,5-6H3/t21-,22-,23?,24-,26?,27-,28-,29-,32+,33-,34-/m0/s1. The third-order valence-electron chi connectivity index (χ3n) is 12.3. The summed E-state index contributed by atoms with van der Waals surface area (Å²) < 4.78 is 25.0. The maximum absolute atomic E-state index is 14.8. The fourth-order valence-corrected chi connectivity index (χ4v) is 10.9. The number of hydrogen-bond donors (Lipinski definition) is 0. The minimum Gasteiger partial charge on any atom is -0.458 e. The van der Waals surface area contributed by atoms with Crippen molar-refractivity contribution in [1.82, 2.24) is 0 Å². The van der Waals surface area contributed by atoms with Crippen LogP contribution in [0.1, 0.15) is 65.2 Å². The molecule has 0 aromatic carbocycles. The second-order valence-electron chi connectivity index (χ2n) is 13.9. The second-order valence-corrected chi connectivity index (χ2v) is 13.9. The molecule has 0 radical (unpaired) electrons. The number of Topliss-reactive ketones (excluding diaryl/α,β-unsaturated/α-hetero) is 1. The first-order valence-corrected chi connectivity index (χ1v) is 15.4. The Kier molecular flexibility index (Phi) is 5.93. The van der Waals surface area contributed by atoms with Crippen LogP contribution >= 0.6 is 0 Å². The van der Waals surface area contributed by atoms with E-state index in [2.05, 4.69) is 26.3 Å². The number of ketones is 1. The number of rotatable bonds is 2. The van der Waals surface area contributed by atoms with Crippen molar-refractivity contribution in [2.45, 2.75) is 88.6 Å². The van der Waals surface area contributed by atoms with Crippen molar-refractivity contribution < 1.29 is 42.9 Å². The Balaban J connectivity index is 1.49. The van der Waals surface area contributed by atoms with Crippen LogP contribution in [0.3, 0.4) is 0 Å². The summed E-state index contributed by atoms with van der Waals surface area (Å²) >= 11 is 0. The van der Waals surface area contributed by atoms with Crippen LogP contribution in [0.2, 0.25) is 0 Å². The van der Waals surface area contributed by atoms with Gasteiger partial charge in [-0.25, -0.2) is 9.59 Å². The number of carbonyl (C=O) groups is 5. The number of ether oxygens (including phenoxy) is 4. The molecule has 0 aromatic heterocycles. The molecule has 9 nitrogen and oxygen atoms in total. The Morgan fingerprint density at radius 1 is 0.744 bits per heavy atom. The average Bonchev–Trinajstić information content (AvgIpc) is 3.58. The molecule has 9 heteroatoms. The van der Waals surface area contributed by atoms with Gasteiger partial charge in [-0.1, -0.05) is 37.5 Å². The predicted octanol–water partition coefficient (Wildman–Crippen LogP) is 4.11. The van der Waals surface area contributed by atoms with E-state index in [1.165, 1.54) is 13.8 Å². The van der Waals surface area contributed by atoms with Crippen molar-refractivity contribution in [2.75, 3.05) is 0 Å². The lowest BCUT2D eigenvalue weighted by atomic mass is 9.59. The Labute approximate surface area is 250 Å². The van der Waals surface area contributed by atoms with E-state index < -0.39 is 64.5 Å². The third-order valence-corrected chi connectivity index (χ3v) is 12.3. The molecule has 5 saturated carbocycles. The first kappa shape index (κ1) is 28.3. The van der Waals surface area contributed by atoms with Crippen LogP contribution in [0.25, 0.3) is 0 Å². The SMILES string of the molecule is C=C1CC[C@H]2C(=C)C(=O)O[C@@H]2C2C1CC(=O)[C@]21CC[C@]2(OC(C)=O)[C@@H]3[C@H]4OC(=O)C(=C)[C@@H]4CCC(=C)[C@@H]3C[C@@]21OC(C)=O. The zero-order chi connectivity index (χ0) is 30.8. The van der Waals surface area contributed by atoms with Crippen molar-refractivity contribution in [1.29, 1.82) is 0 Å². The number of allylic oxidation sites excluding steroid dienone is 2. The molecule has 7 fully saturated rings. The van der Waals surface area contributed by atoms with Crippen LogP contribution in [0.5, 0.6) is 0 Å².